The Kier molecular flexibility index (Phi) is 3.09. The first kappa shape index (κ1) is 11.0. The summed E-state index contributed by atoms with van der Waals surface area (Å²) in [5.41, 5.74) is 4.74. The first-order valence-corrected chi connectivity index (χ1v) is 4.65. The summed E-state index contributed by atoms with van der Waals surface area (Å²) in [4.78, 5) is 11.5. The van der Waals surface area contributed by atoms with E-state index in [0.29, 0.717) is 13.1 Å². The van der Waals surface area contributed by atoms with Gasteiger partial charge in [0.1, 0.15) is 0 Å². The van der Waals surface area contributed by atoms with E-state index in [9.17, 15) is 4.79 Å². The highest BCUT2D eigenvalue weighted by atomic mass is 16.2. The summed E-state index contributed by atoms with van der Waals surface area (Å²) in [5.74, 6) is -0.368. The van der Waals surface area contributed by atoms with Gasteiger partial charge in [-0.3, -0.25) is 4.79 Å². The molecule has 0 aromatic heterocycles. The number of rotatable bonds is 2. The average molecular weight is 196 g/mol. The van der Waals surface area contributed by atoms with E-state index in [1.54, 1.807) is 13.8 Å². The second-order valence-electron chi connectivity index (χ2n) is 4.20. The van der Waals surface area contributed by atoms with E-state index in [-0.39, 0.29) is 17.9 Å². The Hall–Kier alpha value is -1.12. The van der Waals surface area contributed by atoms with Gasteiger partial charge in [-0.15, -0.1) is 0 Å². The summed E-state index contributed by atoms with van der Waals surface area (Å²) in [6.07, 6.45) is 0. The molecule has 0 saturated carbocycles. The molecular weight excluding hydrogens is 180 g/mol. The molecule has 2 atom stereocenters. The number of nitriles is 1. The van der Waals surface area contributed by atoms with Crippen molar-refractivity contribution < 1.29 is 4.79 Å². The minimum absolute atomic E-state index is 0.115. The van der Waals surface area contributed by atoms with Crippen molar-refractivity contribution in [3.8, 4) is 6.07 Å². The lowest BCUT2D eigenvalue weighted by Crippen LogP contribution is -2.53. The summed E-state index contributed by atoms with van der Waals surface area (Å²) < 4.78 is 0. The summed E-state index contributed by atoms with van der Waals surface area (Å²) in [7, 11) is 0. The highest BCUT2D eigenvalue weighted by Gasteiger charge is 2.31. The lowest BCUT2D eigenvalue weighted by atomic mass is 10.0. The maximum absolute atomic E-state index is 11.5. The molecule has 1 fully saturated rings. The maximum atomic E-state index is 11.5. The van der Waals surface area contributed by atoms with E-state index in [0.717, 1.165) is 0 Å². The molecule has 1 aliphatic rings. The van der Waals surface area contributed by atoms with Crippen LogP contribution in [0.5, 0.6) is 0 Å². The number of amides is 1. The van der Waals surface area contributed by atoms with Gasteiger partial charge >= 0.3 is 0 Å². The fourth-order valence-corrected chi connectivity index (χ4v) is 1.32. The molecule has 0 spiro atoms. The van der Waals surface area contributed by atoms with Crippen molar-refractivity contribution in [2.45, 2.75) is 25.4 Å². The molecule has 1 aliphatic heterocycles. The Balaban J connectivity index is 2.53. The molecule has 2 unspecified atom stereocenters. The number of hydrogen-bond acceptors (Lipinski definition) is 4. The molecule has 0 radical (unpaired) electrons. The molecule has 14 heavy (non-hydrogen) atoms. The van der Waals surface area contributed by atoms with Crippen LogP contribution in [0.15, 0.2) is 0 Å². The molecule has 1 amide bonds. The average Bonchev–Trinajstić information content (AvgIpc) is 2.50. The summed E-state index contributed by atoms with van der Waals surface area (Å²) in [5, 5.41) is 14.6. The van der Waals surface area contributed by atoms with Crippen molar-refractivity contribution in [1.82, 2.24) is 10.6 Å². The van der Waals surface area contributed by atoms with Crippen molar-refractivity contribution >= 4 is 5.91 Å². The van der Waals surface area contributed by atoms with Crippen LogP contribution in [-0.4, -0.2) is 30.6 Å². The van der Waals surface area contributed by atoms with Crippen LogP contribution in [0.25, 0.3) is 0 Å². The number of carbonyl (C=O) groups is 1. The van der Waals surface area contributed by atoms with Crippen LogP contribution in [0.2, 0.25) is 0 Å². The van der Waals surface area contributed by atoms with Gasteiger partial charge in [0.15, 0.2) is 0 Å². The topological polar surface area (TPSA) is 90.9 Å². The van der Waals surface area contributed by atoms with Crippen molar-refractivity contribution in [2.24, 2.45) is 11.7 Å². The van der Waals surface area contributed by atoms with Gasteiger partial charge in [-0.2, -0.15) is 5.26 Å². The monoisotopic (exact) mass is 196 g/mol. The Morgan fingerprint density at radius 1 is 1.64 bits per heavy atom. The van der Waals surface area contributed by atoms with Crippen LogP contribution >= 0.6 is 0 Å². The normalized spacial score (nSPS) is 27.0. The Morgan fingerprint density at radius 3 is 2.79 bits per heavy atom. The van der Waals surface area contributed by atoms with Crippen LogP contribution in [0.3, 0.4) is 0 Å². The number of nitrogens with zero attached hydrogens (tertiary/aromatic N) is 1. The lowest BCUT2D eigenvalue weighted by Gasteiger charge is -2.22. The number of carbonyl (C=O) groups excluding carboxylic acids is 1. The predicted octanol–water partition coefficient (Wildman–Crippen LogP) is -1.05. The van der Waals surface area contributed by atoms with E-state index in [4.69, 9.17) is 11.0 Å². The summed E-state index contributed by atoms with van der Waals surface area (Å²) in [6.45, 7) is 4.56. The summed E-state index contributed by atoms with van der Waals surface area (Å²) >= 11 is 0. The molecule has 1 heterocycles. The molecule has 1 rings (SSSR count). The van der Waals surface area contributed by atoms with Gasteiger partial charge in [0.25, 0.3) is 0 Å². The zero-order valence-electron chi connectivity index (χ0n) is 8.50. The molecule has 78 valence electrons. The third-order valence-corrected chi connectivity index (χ3v) is 2.28. The van der Waals surface area contributed by atoms with Gasteiger partial charge < -0.3 is 16.4 Å². The zero-order valence-corrected chi connectivity index (χ0v) is 8.50. The Bertz CT molecular complexity index is 263. The lowest BCUT2D eigenvalue weighted by molar-refractivity contribution is -0.126. The third kappa shape index (κ3) is 2.44. The fraction of sp³-hybridized carbons (Fsp3) is 0.778. The van der Waals surface area contributed by atoms with Crippen molar-refractivity contribution in [2.75, 3.05) is 13.1 Å². The van der Waals surface area contributed by atoms with Crippen LogP contribution in [-0.2, 0) is 4.79 Å². The van der Waals surface area contributed by atoms with Crippen molar-refractivity contribution in [1.29, 1.82) is 5.26 Å². The van der Waals surface area contributed by atoms with E-state index < -0.39 is 5.54 Å². The quantitative estimate of drug-likeness (QED) is 0.525. The first-order valence-electron chi connectivity index (χ1n) is 4.65. The van der Waals surface area contributed by atoms with E-state index in [1.165, 1.54) is 0 Å². The maximum Gasteiger partial charge on any atom is 0.239 e. The number of nitrogens with two attached hydrogens (primary N) is 1. The highest BCUT2D eigenvalue weighted by Crippen LogP contribution is 2.08. The minimum atomic E-state index is -0.886. The van der Waals surface area contributed by atoms with Crippen LogP contribution < -0.4 is 16.4 Å². The molecule has 5 nitrogen and oxygen atoms in total. The summed E-state index contributed by atoms with van der Waals surface area (Å²) in [6, 6.07) is 2.04. The van der Waals surface area contributed by atoms with E-state index in [1.807, 2.05) is 0 Å². The third-order valence-electron chi connectivity index (χ3n) is 2.28. The van der Waals surface area contributed by atoms with Gasteiger partial charge in [-0.25, -0.2) is 0 Å². The van der Waals surface area contributed by atoms with Crippen LogP contribution in [0, 0.1) is 17.2 Å². The smallest absolute Gasteiger partial charge is 0.239 e. The van der Waals surface area contributed by atoms with Gasteiger partial charge in [0, 0.05) is 13.1 Å². The molecule has 4 N–H and O–H groups in total. The molecule has 0 bridgehead atoms. The molecular formula is C9H16N4O. The van der Waals surface area contributed by atoms with Gasteiger partial charge in [0.05, 0.1) is 23.6 Å². The number of nitrogens with one attached hydrogen (secondary N) is 2. The zero-order chi connectivity index (χ0) is 10.8. The Morgan fingerprint density at radius 2 is 2.29 bits per heavy atom. The molecule has 1 saturated heterocycles. The van der Waals surface area contributed by atoms with Gasteiger partial charge in [-0.1, -0.05) is 0 Å². The second kappa shape index (κ2) is 3.95. The first-order chi connectivity index (χ1) is 6.45. The molecule has 0 aromatic rings. The largest absolute Gasteiger partial charge is 0.349 e. The fourth-order valence-electron chi connectivity index (χ4n) is 1.32. The van der Waals surface area contributed by atoms with E-state index >= 15 is 0 Å². The predicted molar refractivity (Wildman–Crippen MR) is 52.2 cm³/mol. The minimum Gasteiger partial charge on any atom is -0.349 e. The SMILES string of the molecule is CC(C)(N)C(=O)NC1CNCC1C#N. The number of hydrogen-bond donors (Lipinski definition) is 3. The molecule has 0 aliphatic carbocycles. The van der Waals surface area contributed by atoms with Crippen LogP contribution in [0.4, 0.5) is 0 Å². The standard InChI is InChI=1S/C9H16N4O/c1-9(2,11)8(14)13-7-5-12-4-6(7)3-10/h6-7,12H,4-5,11H2,1-2H3,(H,13,14). The highest BCUT2D eigenvalue weighted by molar-refractivity contribution is 5.85. The van der Waals surface area contributed by atoms with Crippen LogP contribution in [0.1, 0.15) is 13.8 Å². The molecule has 0 aromatic carbocycles. The second-order valence-corrected chi connectivity index (χ2v) is 4.20. The van der Waals surface area contributed by atoms with E-state index in [2.05, 4.69) is 16.7 Å². The van der Waals surface area contributed by atoms with Gasteiger partial charge in [-0.05, 0) is 13.8 Å². The van der Waals surface area contributed by atoms with Crippen molar-refractivity contribution in [3.63, 3.8) is 0 Å². The molecule has 5 heteroatoms. The Labute approximate surface area is 83.6 Å². The van der Waals surface area contributed by atoms with Gasteiger partial charge in [0.2, 0.25) is 5.91 Å². The van der Waals surface area contributed by atoms with Crippen molar-refractivity contribution in [3.05, 3.63) is 0 Å².